The maximum absolute atomic E-state index is 11.9. The molecule has 7 heteroatoms. The van der Waals surface area contributed by atoms with E-state index in [4.69, 9.17) is 5.14 Å². The van der Waals surface area contributed by atoms with Crippen LogP contribution in [-0.4, -0.2) is 14.3 Å². The lowest BCUT2D eigenvalue weighted by atomic mass is 10.1. The van der Waals surface area contributed by atoms with Crippen molar-refractivity contribution >= 4 is 37.5 Å². The second-order valence-electron chi connectivity index (χ2n) is 4.42. The Morgan fingerprint density at radius 3 is 2.14 bits per heavy atom. The average molecular weight is 369 g/mol. The van der Waals surface area contributed by atoms with Crippen LogP contribution in [0.4, 0.5) is 5.69 Å². The Bertz CT molecular complexity index is 741. The molecule has 5 nitrogen and oxygen atoms in total. The molecule has 0 aliphatic heterocycles. The second kappa shape index (κ2) is 6.38. The zero-order valence-corrected chi connectivity index (χ0v) is 13.3. The predicted molar refractivity (Wildman–Crippen MR) is 84.3 cm³/mol. The first-order chi connectivity index (χ1) is 9.84. The van der Waals surface area contributed by atoms with Crippen LogP contribution in [0.25, 0.3) is 0 Å². The lowest BCUT2D eigenvalue weighted by molar-refractivity contribution is -0.115. The number of benzene rings is 2. The molecule has 0 bridgehead atoms. The molecule has 0 aliphatic rings. The summed E-state index contributed by atoms with van der Waals surface area (Å²) in [6, 6.07) is 13.1. The summed E-state index contributed by atoms with van der Waals surface area (Å²) in [5.74, 6) is -0.180. The number of nitrogens with one attached hydrogen (secondary N) is 1. The number of sulfonamides is 1. The molecule has 0 aliphatic carbocycles. The summed E-state index contributed by atoms with van der Waals surface area (Å²) < 4.78 is 23.2. The Morgan fingerprint density at radius 2 is 1.62 bits per heavy atom. The molecular formula is C14H13BrN2O3S. The van der Waals surface area contributed by atoms with Gasteiger partial charge in [-0.1, -0.05) is 28.1 Å². The number of rotatable bonds is 4. The van der Waals surface area contributed by atoms with Gasteiger partial charge in [-0.3, -0.25) is 4.79 Å². The topological polar surface area (TPSA) is 89.3 Å². The Hall–Kier alpha value is -1.70. The van der Waals surface area contributed by atoms with Gasteiger partial charge in [0.15, 0.2) is 0 Å². The summed E-state index contributed by atoms with van der Waals surface area (Å²) in [5.41, 5.74) is 1.40. The largest absolute Gasteiger partial charge is 0.326 e. The summed E-state index contributed by atoms with van der Waals surface area (Å²) in [4.78, 5) is 11.9. The van der Waals surface area contributed by atoms with Crippen LogP contribution in [-0.2, 0) is 21.2 Å². The third kappa shape index (κ3) is 4.66. The van der Waals surface area contributed by atoms with Crippen molar-refractivity contribution in [1.29, 1.82) is 0 Å². The Labute approximate surface area is 131 Å². The predicted octanol–water partition coefficient (Wildman–Crippen LogP) is 2.28. The maximum Gasteiger partial charge on any atom is 0.238 e. The minimum Gasteiger partial charge on any atom is -0.326 e. The summed E-state index contributed by atoms with van der Waals surface area (Å²) in [6.07, 6.45) is 0.240. The van der Waals surface area contributed by atoms with Crippen LogP contribution in [0.1, 0.15) is 5.56 Å². The SMILES string of the molecule is NS(=O)(=O)c1ccc(NC(=O)Cc2ccc(Br)cc2)cc1. The van der Waals surface area contributed by atoms with Gasteiger partial charge in [0.25, 0.3) is 0 Å². The molecule has 0 spiro atoms. The molecule has 1 amide bonds. The monoisotopic (exact) mass is 368 g/mol. The Balaban J connectivity index is 2.01. The van der Waals surface area contributed by atoms with Crippen molar-refractivity contribution in [3.8, 4) is 0 Å². The first-order valence-electron chi connectivity index (χ1n) is 6.02. The molecule has 0 fully saturated rings. The van der Waals surface area contributed by atoms with Crippen LogP contribution < -0.4 is 10.5 Å². The molecule has 2 aromatic carbocycles. The van der Waals surface area contributed by atoms with Gasteiger partial charge in [-0.2, -0.15) is 0 Å². The van der Waals surface area contributed by atoms with Crippen molar-refractivity contribution in [1.82, 2.24) is 0 Å². The van der Waals surface area contributed by atoms with Gasteiger partial charge in [-0.25, -0.2) is 13.6 Å². The highest BCUT2D eigenvalue weighted by molar-refractivity contribution is 9.10. The number of hydrogen-bond donors (Lipinski definition) is 2. The summed E-state index contributed by atoms with van der Waals surface area (Å²) in [7, 11) is -3.72. The van der Waals surface area contributed by atoms with Gasteiger partial charge in [0, 0.05) is 10.2 Å². The molecule has 21 heavy (non-hydrogen) atoms. The standard InChI is InChI=1S/C14H13BrN2O3S/c15-11-3-1-10(2-4-11)9-14(18)17-12-5-7-13(8-6-12)21(16,19)20/h1-8H,9H2,(H,17,18)(H2,16,19,20). The first-order valence-corrected chi connectivity index (χ1v) is 8.36. The van der Waals surface area contributed by atoms with Crippen LogP contribution in [0.5, 0.6) is 0 Å². The molecular weight excluding hydrogens is 356 g/mol. The van der Waals surface area contributed by atoms with Gasteiger partial charge in [-0.05, 0) is 42.0 Å². The Kier molecular flexibility index (Phi) is 4.76. The van der Waals surface area contributed by atoms with Crippen molar-refractivity contribution < 1.29 is 13.2 Å². The molecule has 0 atom stereocenters. The number of amides is 1. The highest BCUT2D eigenvalue weighted by Crippen LogP contribution is 2.14. The normalized spacial score (nSPS) is 11.1. The fourth-order valence-electron chi connectivity index (χ4n) is 1.72. The summed E-state index contributed by atoms with van der Waals surface area (Å²) in [6.45, 7) is 0. The highest BCUT2D eigenvalue weighted by Gasteiger charge is 2.08. The van der Waals surface area contributed by atoms with E-state index in [9.17, 15) is 13.2 Å². The van der Waals surface area contributed by atoms with Gasteiger partial charge >= 0.3 is 0 Å². The van der Waals surface area contributed by atoms with Crippen molar-refractivity contribution in [2.75, 3.05) is 5.32 Å². The Morgan fingerprint density at radius 1 is 1.05 bits per heavy atom. The molecule has 0 saturated heterocycles. The quantitative estimate of drug-likeness (QED) is 0.867. The fraction of sp³-hybridized carbons (Fsp3) is 0.0714. The van der Waals surface area contributed by atoms with E-state index in [2.05, 4.69) is 21.2 Å². The molecule has 0 aromatic heterocycles. The number of primary sulfonamides is 1. The van der Waals surface area contributed by atoms with Crippen LogP contribution >= 0.6 is 15.9 Å². The van der Waals surface area contributed by atoms with E-state index < -0.39 is 10.0 Å². The van der Waals surface area contributed by atoms with E-state index >= 15 is 0 Å². The lowest BCUT2D eigenvalue weighted by Crippen LogP contribution is -2.15. The molecule has 2 aromatic rings. The number of anilines is 1. The van der Waals surface area contributed by atoms with E-state index in [-0.39, 0.29) is 17.2 Å². The number of carbonyl (C=O) groups excluding carboxylic acids is 1. The van der Waals surface area contributed by atoms with Crippen LogP contribution in [0.2, 0.25) is 0 Å². The third-order valence-electron chi connectivity index (χ3n) is 2.74. The second-order valence-corrected chi connectivity index (χ2v) is 6.90. The zero-order chi connectivity index (χ0) is 15.5. The summed E-state index contributed by atoms with van der Waals surface area (Å²) >= 11 is 3.33. The molecule has 110 valence electrons. The van der Waals surface area contributed by atoms with Crippen molar-refractivity contribution in [2.24, 2.45) is 5.14 Å². The molecule has 0 saturated carbocycles. The highest BCUT2D eigenvalue weighted by atomic mass is 79.9. The number of carbonyl (C=O) groups is 1. The van der Waals surface area contributed by atoms with Gasteiger partial charge in [0.05, 0.1) is 11.3 Å². The van der Waals surface area contributed by atoms with E-state index in [0.29, 0.717) is 5.69 Å². The number of halogens is 1. The number of nitrogens with two attached hydrogens (primary N) is 1. The molecule has 0 heterocycles. The van der Waals surface area contributed by atoms with Crippen LogP contribution in [0.15, 0.2) is 57.9 Å². The zero-order valence-electron chi connectivity index (χ0n) is 10.9. The first kappa shape index (κ1) is 15.7. The minimum absolute atomic E-state index is 0.00779. The lowest BCUT2D eigenvalue weighted by Gasteiger charge is -2.06. The van der Waals surface area contributed by atoms with Crippen molar-refractivity contribution in [2.45, 2.75) is 11.3 Å². The van der Waals surface area contributed by atoms with Crippen molar-refractivity contribution in [3.05, 3.63) is 58.6 Å². The van der Waals surface area contributed by atoms with Gasteiger partial charge in [0.2, 0.25) is 15.9 Å². The summed E-state index contributed by atoms with van der Waals surface area (Å²) in [5, 5.41) is 7.70. The van der Waals surface area contributed by atoms with Gasteiger partial charge < -0.3 is 5.32 Å². The smallest absolute Gasteiger partial charge is 0.238 e. The van der Waals surface area contributed by atoms with Crippen LogP contribution in [0.3, 0.4) is 0 Å². The number of hydrogen-bond acceptors (Lipinski definition) is 3. The molecule has 2 rings (SSSR count). The third-order valence-corrected chi connectivity index (χ3v) is 4.20. The average Bonchev–Trinajstić information content (AvgIpc) is 2.41. The van der Waals surface area contributed by atoms with Gasteiger partial charge in [0.1, 0.15) is 0 Å². The molecule has 0 unspecified atom stereocenters. The van der Waals surface area contributed by atoms with E-state index in [1.807, 2.05) is 24.3 Å². The molecule has 0 radical (unpaired) electrons. The molecule has 3 N–H and O–H groups in total. The fourth-order valence-corrected chi connectivity index (χ4v) is 2.50. The van der Waals surface area contributed by atoms with Crippen molar-refractivity contribution in [3.63, 3.8) is 0 Å². The minimum atomic E-state index is -3.72. The van der Waals surface area contributed by atoms with Gasteiger partial charge in [-0.15, -0.1) is 0 Å². The van der Waals surface area contributed by atoms with E-state index in [0.717, 1.165) is 10.0 Å². The maximum atomic E-state index is 11.9. The van der Waals surface area contributed by atoms with E-state index in [1.165, 1.54) is 24.3 Å². The van der Waals surface area contributed by atoms with E-state index in [1.54, 1.807) is 0 Å². The van der Waals surface area contributed by atoms with Crippen LogP contribution in [0, 0.1) is 0 Å².